The van der Waals surface area contributed by atoms with Crippen LogP contribution in [0.4, 0.5) is 5.69 Å². The van der Waals surface area contributed by atoms with Gasteiger partial charge in [-0.3, -0.25) is 19.0 Å². The molecular weight excluding hydrogens is 476 g/mol. The number of hydrogen-bond acceptors (Lipinski definition) is 8. The third-order valence-corrected chi connectivity index (χ3v) is 6.05. The van der Waals surface area contributed by atoms with Gasteiger partial charge in [-0.1, -0.05) is 0 Å². The summed E-state index contributed by atoms with van der Waals surface area (Å²) in [7, 11) is 2.97. The molecular formula is C23H22N4O7S. The summed E-state index contributed by atoms with van der Waals surface area (Å²) in [5.41, 5.74) is -0.667. The van der Waals surface area contributed by atoms with Crippen LogP contribution in [0.15, 0.2) is 62.0 Å². The first-order valence-electron chi connectivity index (χ1n) is 10.4. The number of methoxy groups -OCH3 is 2. The molecule has 0 radical (unpaired) electrons. The Morgan fingerprint density at radius 1 is 1.03 bits per heavy atom. The standard InChI is InChI=1S/C23H22N4O7S/c1-32-14-5-6-16(18(10-14)33-2)25-20(29)13-26-17-7-9-35-21(17)22(30)27(23(26)31)12-19(28)24-11-15-4-3-8-34-15/h3-10H,11-13H2,1-2H3,(H,24,28)(H,25,29). The van der Waals surface area contributed by atoms with Gasteiger partial charge in [-0.05, 0) is 35.7 Å². The Morgan fingerprint density at radius 2 is 1.83 bits per heavy atom. The zero-order chi connectivity index (χ0) is 24.9. The van der Waals surface area contributed by atoms with Crippen LogP contribution >= 0.6 is 11.3 Å². The van der Waals surface area contributed by atoms with Crippen LogP contribution in [0.5, 0.6) is 11.5 Å². The molecule has 0 aliphatic heterocycles. The predicted molar refractivity (Wildman–Crippen MR) is 129 cm³/mol. The number of carbonyl (C=O) groups is 2. The van der Waals surface area contributed by atoms with E-state index in [0.29, 0.717) is 28.5 Å². The molecule has 4 aromatic rings. The Balaban J connectivity index is 1.58. The van der Waals surface area contributed by atoms with Crippen molar-refractivity contribution in [2.75, 3.05) is 19.5 Å². The Bertz CT molecular complexity index is 1480. The van der Waals surface area contributed by atoms with E-state index in [1.807, 2.05) is 0 Å². The molecule has 11 nitrogen and oxygen atoms in total. The zero-order valence-corrected chi connectivity index (χ0v) is 19.7. The first-order chi connectivity index (χ1) is 16.9. The van der Waals surface area contributed by atoms with E-state index in [0.717, 1.165) is 15.9 Å². The number of anilines is 1. The lowest BCUT2D eigenvalue weighted by molar-refractivity contribution is -0.122. The Hall–Kier alpha value is -4.32. The van der Waals surface area contributed by atoms with Gasteiger partial charge in [0, 0.05) is 6.07 Å². The monoisotopic (exact) mass is 498 g/mol. The highest BCUT2D eigenvalue weighted by Gasteiger charge is 2.19. The molecule has 35 heavy (non-hydrogen) atoms. The van der Waals surface area contributed by atoms with Crippen molar-refractivity contribution >= 4 is 39.1 Å². The molecule has 3 aromatic heterocycles. The number of nitrogens with one attached hydrogen (secondary N) is 2. The average molecular weight is 499 g/mol. The molecule has 0 saturated heterocycles. The van der Waals surface area contributed by atoms with Gasteiger partial charge in [0.15, 0.2) is 0 Å². The molecule has 0 spiro atoms. The third-order valence-electron chi connectivity index (χ3n) is 5.16. The van der Waals surface area contributed by atoms with Gasteiger partial charge in [0.1, 0.15) is 35.0 Å². The Morgan fingerprint density at radius 3 is 2.54 bits per heavy atom. The van der Waals surface area contributed by atoms with Crippen molar-refractivity contribution in [2.45, 2.75) is 19.6 Å². The third kappa shape index (κ3) is 5.11. The second kappa shape index (κ2) is 10.3. The maximum atomic E-state index is 13.2. The average Bonchev–Trinajstić information content (AvgIpc) is 3.56. The lowest BCUT2D eigenvalue weighted by Crippen LogP contribution is -2.44. The molecule has 3 heterocycles. The van der Waals surface area contributed by atoms with Crippen molar-refractivity contribution in [3.05, 3.63) is 74.6 Å². The number of benzene rings is 1. The lowest BCUT2D eigenvalue weighted by Gasteiger charge is -2.14. The summed E-state index contributed by atoms with van der Waals surface area (Å²) in [4.78, 5) is 51.3. The van der Waals surface area contributed by atoms with Crippen LogP contribution in [0.1, 0.15) is 5.76 Å². The summed E-state index contributed by atoms with van der Waals surface area (Å²) < 4.78 is 17.9. The number of aromatic nitrogens is 2. The number of ether oxygens (including phenoxy) is 2. The minimum atomic E-state index is -0.772. The van der Waals surface area contributed by atoms with Crippen LogP contribution < -0.4 is 31.4 Å². The first-order valence-corrected chi connectivity index (χ1v) is 11.3. The zero-order valence-electron chi connectivity index (χ0n) is 18.9. The second-order valence-electron chi connectivity index (χ2n) is 7.37. The van der Waals surface area contributed by atoms with Crippen LogP contribution in [0.3, 0.4) is 0 Å². The van der Waals surface area contributed by atoms with E-state index < -0.39 is 29.6 Å². The normalized spacial score (nSPS) is 10.8. The summed E-state index contributed by atoms with van der Waals surface area (Å²) in [5.74, 6) is 0.394. The van der Waals surface area contributed by atoms with E-state index in [1.165, 1.54) is 25.0 Å². The number of fused-ring (bicyclic) bond motifs is 1. The fourth-order valence-electron chi connectivity index (χ4n) is 3.46. The van der Waals surface area contributed by atoms with E-state index in [2.05, 4.69) is 10.6 Å². The summed E-state index contributed by atoms with van der Waals surface area (Å²) in [6.07, 6.45) is 1.47. The van der Waals surface area contributed by atoms with E-state index in [-0.39, 0.29) is 17.8 Å². The quantitative estimate of drug-likeness (QED) is 0.359. The van der Waals surface area contributed by atoms with Crippen LogP contribution in [0.25, 0.3) is 10.2 Å². The molecule has 0 aliphatic carbocycles. The van der Waals surface area contributed by atoms with Crippen molar-refractivity contribution in [1.82, 2.24) is 14.5 Å². The molecule has 1 aromatic carbocycles. The van der Waals surface area contributed by atoms with Crippen molar-refractivity contribution in [1.29, 1.82) is 0 Å². The van der Waals surface area contributed by atoms with Crippen molar-refractivity contribution in [3.63, 3.8) is 0 Å². The van der Waals surface area contributed by atoms with Crippen LogP contribution in [-0.4, -0.2) is 35.2 Å². The van der Waals surface area contributed by atoms with Gasteiger partial charge in [-0.25, -0.2) is 9.36 Å². The summed E-state index contributed by atoms with van der Waals surface area (Å²) >= 11 is 1.13. The Labute approximate surface area is 202 Å². The fourth-order valence-corrected chi connectivity index (χ4v) is 4.30. The van der Waals surface area contributed by atoms with Gasteiger partial charge in [-0.15, -0.1) is 11.3 Å². The van der Waals surface area contributed by atoms with E-state index in [4.69, 9.17) is 13.9 Å². The van der Waals surface area contributed by atoms with Gasteiger partial charge < -0.3 is 24.5 Å². The van der Waals surface area contributed by atoms with Crippen LogP contribution in [-0.2, 0) is 29.2 Å². The number of amides is 2. The Kier molecular flexibility index (Phi) is 7.01. The molecule has 0 aliphatic rings. The molecule has 0 bridgehead atoms. The molecule has 2 amide bonds. The van der Waals surface area contributed by atoms with E-state index in [9.17, 15) is 19.2 Å². The number of carbonyl (C=O) groups excluding carboxylic acids is 2. The summed E-state index contributed by atoms with van der Waals surface area (Å²) in [6, 6.07) is 9.84. The first kappa shape index (κ1) is 23.8. The number of rotatable bonds is 9. The second-order valence-corrected chi connectivity index (χ2v) is 8.28. The fraction of sp³-hybridized carbons (Fsp3) is 0.217. The van der Waals surface area contributed by atoms with Crippen LogP contribution in [0, 0.1) is 0 Å². The minimum absolute atomic E-state index is 0.113. The maximum Gasteiger partial charge on any atom is 0.332 e. The SMILES string of the molecule is COc1ccc(NC(=O)Cn2c(=O)n(CC(=O)NCc3ccco3)c(=O)c3sccc32)c(OC)c1. The highest BCUT2D eigenvalue weighted by molar-refractivity contribution is 7.17. The lowest BCUT2D eigenvalue weighted by atomic mass is 10.2. The van der Waals surface area contributed by atoms with E-state index in [1.54, 1.807) is 41.8 Å². The number of furan rings is 1. The summed E-state index contributed by atoms with van der Waals surface area (Å²) in [5, 5.41) is 6.95. The molecule has 4 rings (SSSR count). The van der Waals surface area contributed by atoms with Crippen molar-refractivity contribution < 1.29 is 23.5 Å². The molecule has 2 N–H and O–H groups in total. The molecule has 0 saturated carbocycles. The largest absolute Gasteiger partial charge is 0.497 e. The van der Waals surface area contributed by atoms with Gasteiger partial charge >= 0.3 is 5.69 Å². The molecule has 0 fully saturated rings. The van der Waals surface area contributed by atoms with Gasteiger partial charge in [0.2, 0.25) is 11.8 Å². The number of hydrogen-bond donors (Lipinski definition) is 2. The predicted octanol–water partition coefficient (Wildman–Crippen LogP) is 1.79. The topological polar surface area (TPSA) is 134 Å². The number of thiophene rings is 1. The van der Waals surface area contributed by atoms with Gasteiger partial charge in [0.05, 0.1) is 38.2 Å². The van der Waals surface area contributed by atoms with Crippen LogP contribution in [0.2, 0.25) is 0 Å². The van der Waals surface area contributed by atoms with Crippen molar-refractivity contribution in [2.24, 2.45) is 0 Å². The molecule has 0 unspecified atom stereocenters. The molecule has 12 heteroatoms. The van der Waals surface area contributed by atoms with E-state index >= 15 is 0 Å². The molecule has 0 atom stereocenters. The highest BCUT2D eigenvalue weighted by Crippen LogP contribution is 2.29. The summed E-state index contributed by atoms with van der Waals surface area (Å²) in [6.45, 7) is -0.766. The van der Waals surface area contributed by atoms with Gasteiger partial charge in [0.25, 0.3) is 5.56 Å². The van der Waals surface area contributed by atoms with Crippen molar-refractivity contribution in [3.8, 4) is 11.5 Å². The minimum Gasteiger partial charge on any atom is -0.497 e. The smallest absolute Gasteiger partial charge is 0.332 e. The number of nitrogens with zero attached hydrogens (tertiary/aromatic N) is 2. The van der Waals surface area contributed by atoms with Gasteiger partial charge in [-0.2, -0.15) is 0 Å². The maximum absolute atomic E-state index is 13.2. The molecule has 182 valence electrons. The highest BCUT2D eigenvalue weighted by atomic mass is 32.1.